The van der Waals surface area contributed by atoms with Gasteiger partial charge in [-0.15, -0.1) is 0 Å². The van der Waals surface area contributed by atoms with Crippen LogP contribution in [0.2, 0.25) is 0 Å². The first-order valence-corrected chi connectivity index (χ1v) is 14.0. The van der Waals surface area contributed by atoms with E-state index >= 15 is 0 Å². The lowest BCUT2D eigenvalue weighted by Crippen LogP contribution is -2.47. The lowest BCUT2D eigenvalue weighted by Gasteiger charge is -2.33. The molecule has 0 bridgehead atoms. The summed E-state index contributed by atoms with van der Waals surface area (Å²) in [5.74, 6) is -1.76. The number of nitrogens with zero attached hydrogens (tertiary/aromatic N) is 1. The van der Waals surface area contributed by atoms with Crippen LogP contribution in [0.1, 0.15) is 63.8 Å². The van der Waals surface area contributed by atoms with Gasteiger partial charge in [-0.05, 0) is 68.7 Å². The highest BCUT2D eigenvalue weighted by Gasteiger charge is 2.53. The Balaban J connectivity index is 1.87. The van der Waals surface area contributed by atoms with Gasteiger partial charge in [-0.25, -0.2) is 8.42 Å². The van der Waals surface area contributed by atoms with Crippen LogP contribution >= 0.6 is 0 Å². The molecule has 2 atom stereocenters. The summed E-state index contributed by atoms with van der Waals surface area (Å²) in [6, 6.07) is 8.25. The van der Waals surface area contributed by atoms with E-state index in [1.54, 1.807) is 20.8 Å². The Morgan fingerprint density at radius 1 is 1.00 bits per heavy atom. The molecule has 1 aliphatic rings. The van der Waals surface area contributed by atoms with Crippen molar-refractivity contribution in [2.24, 2.45) is 0 Å². The lowest BCUT2D eigenvalue weighted by molar-refractivity contribution is -0.189. The Bertz CT molecular complexity index is 1400. The number of alkyl halides is 3. The van der Waals surface area contributed by atoms with Crippen molar-refractivity contribution in [3.05, 3.63) is 59.2 Å². The van der Waals surface area contributed by atoms with Gasteiger partial charge in [0.05, 0.1) is 10.3 Å². The Labute approximate surface area is 225 Å². The van der Waals surface area contributed by atoms with Gasteiger partial charge in [0.1, 0.15) is 6.04 Å². The fourth-order valence-electron chi connectivity index (χ4n) is 4.52. The maximum absolute atomic E-state index is 14.1. The predicted octanol–water partition coefficient (Wildman–Crippen LogP) is 4.26. The second-order valence-electron chi connectivity index (χ2n) is 11.1. The minimum Gasteiger partial charge on any atom is -0.351 e. The van der Waals surface area contributed by atoms with Crippen LogP contribution in [0.5, 0.6) is 0 Å². The molecular formula is C27H32F3N3O5S. The molecular weight excluding hydrogens is 535 g/mol. The van der Waals surface area contributed by atoms with Gasteiger partial charge in [0.15, 0.2) is 9.84 Å². The van der Waals surface area contributed by atoms with Gasteiger partial charge >= 0.3 is 6.18 Å². The number of rotatable bonds is 6. The van der Waals surface area contributed by atoms with Crippen molar-refractivity contribution in [2.75, 3.05) is 11.6 Å². The van der Waals surface area contributed by atoms with Crippen LogP contribution in [0.15, 0.2) is 47.4 Å². The third-order valence-electron chi connectivity index (χ3n) is 6.59. The first-order valence-electron chi connectivity index (χ1n) is 12.1. The molecule has 8 nitrogen and oxygen atoms in total. The monoisotopic (exact) mass is 567 g/mol. The van der Waals surface area contributed by atoms with Gasteiger partial charge in [-0.2, -0.15) is 13.2 Å². The second-order valence-corrected chi connectivity index (χ2v) is 13.1. The first-order chi connectivity index (χ1) is 17.7. The number of fused-ring (bicyclic) bond motifs is 1. The molecule has 0 fully saturated rings. The van der Waals surface area contributed by atoms with Crippen LogP contribution in [0.3, 0.4) is 0 Å². The number of benzene rings is 2. The highest BCUT2D eigenvalue weighted by molar-refractivity contribution is 7.90. The van der Waals surface area contributed by atoms with Crippen LogP contribution < -0.4 is 10.6 Å². The molecule has 0 saturated heterocycles. The summed E-state index contributed by atoms with van der Waals surface area (Å²) in [4.78, 5) is 39.2. The summed E-state index contributed by atoms with van der Waals surface area (Å²) >= 11 is 0. The van der Waals surface area contributed by atoms with E-state index in [4.69, 9.17) is 0 Å². The largest absolute Gasteiger partial charge is 0.398 e. The molecule has 2 aromatic rings. The van der Waals surface area contributed by atoms with Crippen molar-refractivity contribution in [3.8, 4) is 0 Å². The fraction of sp³-hybridized carbons (Fsp3) is 0.444. The van der Waals surface area contributed by atoms with Crippen LogP contribution in [0.4, 0.5) is 18.9 Å². The zero-order valence-corrected chi connectivity index (χ0v) is 23.4. The minimum absolute atomic E-state index is 0.0334. The highest BCUT2D eigenvalue weighted by atomic mass is 32.2. The summed E-state index contributed by atoms with van der Waals surface area (Å²) in [6.45, 7) is 7.29. The smallest absolute Gasteiger partial charge is 0.351 e. The van der Waals surface area contributed by atoms with Gasteiger partial charge < -0.3 is 15.5 Å². The molecule has 0 spiro atoms. The van der Waals surface area contributed by atoms with Gasteiger partial charge in [0, 0.05) is 37.4 Å². The molecule has 0 saturated carbocycles. The Morgan fingerprint density at radius 2 is 1.59 bits per heavy atom. The third-order valence-corrected chi connectivity index (χ3v) is 7.70. The van der Waals surface area contributed by atoms with Crippen LogP contribution in [-0.4, -0.2) is 49.0 Å². The Morgan fingerprint density at radius 3 is 2.08 bits per heavy atom. The zero-order valence-electron chi connectivity index (χ0n) is 22.6. The van der Waals surface area contributed by atoms with Crippen molar-refractivity contribution >= 4 is 33.2 Å². The summed E-state index contributed by atoms with van der Waals surface area (Å²) in [5.41, 5.74) is -2.16. The van der Waals surface area contributed by atoms with E-state index in [1.165, 1.54) is 54.3 Å². The van der Waals surface area contributed by atoms with Crippen molar-refractivity contribution < 1.29 is 36.0 Å². The number of halogens is 3. The van der Waals surface area contributed by atoms with Crippen molar-refractivity contribution in [3.63, 3.8) is 0 Å². The molecule has 3 amide bonds. The van der Waals surface area contributed by atoms with E-state index < -0.39 is 57.2 Å². The minimum atomic E-state index is -4.73. The van der Waals surface area contributed by atoms with Gasteiger partial charge in [0.25, 0.3) is 5.91 Å². The molecule has 12 heteroatoms. The Hall–Kier alpha value is -3.41. The number of carbonyl (C=O) groups excluding carboxylic acids is 3. The van der Waals surface area contributed by atoms with E-state index in [-0.39, 0.29) is 22.7 Å². The number of hydrogen-bond donors (Lipinski definition) is 2. The maximum Gasteiger partial charge on any atom is 0.398 e. The third kappa shape index (κ3) is 6.60. The van der Waals surface area contributed by atoms with Crippen LogP contribution in [-0.2, 0) is 36.2 Å². The van der Waals surface area contributed by atoms with E-state index in [1.807, 2.05) is 0 Å². The molecule has 212 valence electrons. The summed E-state index contributed by atoms with van der Waals surface area (Å²) in [5, 5.41) is 5.19. The van der Waals surface area contributed by atoms with E-state index in [2.05, 4.69) is 10.6 Å². The summed E-state index contributed by atoms with van der Waals surface area (Å²) < 4.78 is 66.3. The summed E-state index contributed by atoms with van der Waals surface area (Å²) in [7, 11) is -3.50. The van der Waals surface area contributed by atoms with Gasteiger partial charge in [0.2, 0.25) is 11.8 Å². The molecule has 2 aromatic carbocycles. The van der Waals surface area contributed by atoms with Crippen molar-refractivity contribution in [2.45, 2.75) is 75.7 Å². The molecule has 1 aliphatic heterocycles. The van der Waals surface area contributed by atoms with Crippen molar-refractivity contribution in [1.29, 1.82) is 0 Å². The molecule has 0 radical (unpaired) electrons. The fourth-order valence-corrected chi connectivity index (χ4v) is 5.19. The number of anilines is 1. The summed E-state index contributed by atoms with van der Waals surface area (Å²) in [6.07, 6.45) is -4.49. The quantitative estimate of drug-likeness (QED) is 0.542. The SMILES string of the molecule is CC(=O)N1Cc2cc(S(C)(=O)=O)ccc2C1C(=O)Nc1ccc(C(C)(CC(=O)NC(C)(C)C)C(F)(F)F)cc1. The highest BCUT2D eigenvalue weighted by Crippen LogP contribution is 2.44. The Kier molecular flexibility index (Phi) is 7.95. The second kappa shape index (κ2) is 10.3. The molecule has 1 heterocycles. The molecule has 3 rings (SSSR count). The molecule has 2 N–H and O–H groups in total. The number of carbonyl (C=O) groups is 3. The zero-order chi connectivity index (χ0) is 29.6. The maximum atomic E-state index is 14.1. The van der Waals surface area contributed by atoms with Crippen molar-refractivity contribution in [1.82, 2.24) is 10.2 Å². The lowest BCUT2D eigenvalue weighted by atomic mass is 9.78. The topological polar surface area (TPSA) is 113 Å². The molecule has 39 heavy (non-hydrogen) atoms. The van der Waals surface area contributed by atoms with Crippen LogP contribution in [0.25, 0.3) is 0 Å². The van der Waals surface area contributed by atoms with Gasteiger partial charge in [-0.3, -0.25) is 14.4 Å². The number of nitrogens with one attached hydrogen (secondary N) is 2. The van der Waals surface area contributed by atoms with E-state index in [9.17, 15) is 36.0 Å². The predicted molar refractivity (Wildman–Crippen MR) is 140 cm³/mol. The number of sulfone groups is 1. The average molecular weight is 568 g/mol. The normalized spacial score (nSPS) is 17.3. The van der Waals surface area contributed by atoms with E-state index in [0.717, 1.165) is 13.2 Å². The van der Waals surface area contributed by atoms with E-state index in [0.29, 0.717) is 11.1 Å². The molecule has 0 aliphatic carbocycles. The van der Waals surface area contributed by atoms with Gasteiger partial charge in [-0.1, -0.05) is 18.2 Å². The van der Waals surface area contributed by atoms with Crippen LogP contribution in [0, 0.1) is 0 Å². The standard InChI is InChI=1S/C27H32F3N3O5S/c1-16(34)33-15-17-13-20(39(6,37)38)11-12-21(17)23(33)24(36)31-19-9-7-18(8-10-19)26(5,27(28,29)30)14-22(35)32-25(2,3)4/h7-13,23H,14-15H2,1-6H3,(H,31,36)(H,32,35). The average Bonchev–Trinajstić information content (AvgIpc) is 3.16. The molecule has 2 unspecified atom stereocenters. The number of hydrogen-bond acceptors (Lipinski definition) is 5. The number of amides is 3. The first kappa shape index (κ1) is 30.1. The molecule has 0 aromatic heterocycles.